The number of rotatable bonds is 11. The first-order chi connectivity index (χ1) is 22.5. The normalized spacial score (nSPS) is 10.9. The van der Waals surface area contributed by atoms with Gasteiger partial charge in [-0.05, 0) is 59.7 Å². The first-order valence-corrected chi connectivity index (χ1v) is 16.6. The third kappa shape index (κ3) is 7.25. The minimum absolute atomic E-state index is 0.187. The summed E-state index contributed by atoms with van der Waals surface area (Å²) in [5, 5.41) is 7.68. The third-order valence-corrected chi connectivity index (χ3v) is 9.75. The molecule has 0 aliphatic heterocycles. The van der Waals surface area contributed by atoms with E-state index < -0.39 is 0 Å². The van der Waals surface area contributed by atoms with Gasteiger partial charge in [0.25, 0.3) is 11.8 Å². The molecule has 6 rings (SSSR count). The van der Waals surface area contributed by atoms with Crippen LogP contribution < -0.4 is 20.1 Å². The molecule has 0 saturated heterocycles. The van der Waals surface area contributed by atoms with E-state index in [0.29, 0.717) is 24.2 Å². The second-order valence-electron chi connectivity index (χ2n) is 10.3. The van der Waals surface area contributed by atoms with Gasteiger partial charge in [-0.15, -0.1) is 0 Å². The van der Waals surface area contributed by atoms with Gasteiger partial charge in [-0.3, -0.25) is 19.6 Å². The Balaban J connectivity index is 1.11. The van der Waals surface area contributed by atoms with Crippen LogP contribution in [-0.4, -0.2) is 36.0 Å². The lowest BCUT2D eigenvalue weighted by Crippen LogP contribution is -2.22. The summed E-state index contributed by atoms with van der Waals surface area (Å²) in [6.07, 6.45) is 3.22. The first-order valence-electron chi connectivity index (χ1n) is 14.4. The molecular weight excluding hydrogens is 617 g/mol. The summed E-state index contributed by atoms with van der Waals surface area (Å²) in [6, 6.07) is 30.7. The molecule has 0 radical (unpaired) electrons. The summed E-state index contributed by atoms with van der Waals surface area (Å²) in [6.45, 7) is 0.810. The topological polar surface area (TPSA) is 102 Å². The zero-order valence-electron chi connectivity index (χ0n) is 25.2. The Labute approximate surface area is 274 Å². The van der Waals surface area contributed by atoms with Crippen LogP contribution in [0.2, 0.25) is 0 Å². The van der Waals surface area contributed by atoms with E-state index in [-0.39, 0.29) is 11.8 Å². The fourth-order valence-corrected chi connectivity index (χ4v) is 7.09. The molecule has 2 heterocycles. The van der Waals surface area contributed by atoms with Crippen LogP contribution in [0.25, 0.3) is 21.8 Å². The van der Waals surface area contributed by atoms with Crippen molar-refractivity contribution in [3.63, 3.8) is 0 Å². The van der Waals surface area contributed by atoms with Gasteiger partial charge in [-0.1, -0.05) is 70.1 Å². The molecule has 2 amide bonds. The molecule has 0 saturated carbocycles. The molecular formula is C36H30N4O4S2. The van der Waals surface area contributed by atoms with Crippen molar-refractivity contribution in [3.05, 3.63) is 132 Å². The van der Waals surface area contributed by atoms with Gasteiger partial charge in [0, 0.05) is 46.0 Å². The molecule has 0 unspecified atom stereocenters. The number of ether oxygens (including phenoxy) is 2. The minimum Gasteiger partial charge on any atom is -0.497 e. The van der Waals surface area contributed by atoms with Crippen molar-refractivity contribution in [2.24, 2.45) is 0 Å². The molecule has 230 valence electrons. The Hall–Kier alpha value is -5.06. The van der Waals surface area contributed by atoms with E-state index in [1.807, 2.05) is 97.1 Å². The molecule has 0 aliphatic rings. The van der Waals surface area contributed by atoms with Crippen LogP contribution in [-0.2, 0) is 13.1 Å². The number of carbonyl (C=O) groups excluding carboxylic acids is 2. The molecule has 0 atom stereocenters. The van der Waals surface area contributed by atoms with Crippen LogP contribution in [0, 0.1) is 0 Å². The Morgan fingerprint density at radius 3 is 1.41 bits per heavy atom. The van der Waals surface area contributed by atoms with Gasteiger partial charge in [0.05, 0.1) is 36.4 Å². The van der Waals surface area contributed by atoms with Crippen LogP contribution in [0.15, 0.2) is 119 Å². The number of nitrogens with zero attached hydrogens (tertiary/aromatic N) is 2. The molecule has 4 aromatic carbocycles. The Morgan fingerprint density at radius 2 is 1.02 bits per heavy atom. The van der Waals surface area contributed by atoms with Crippen LogP contribution in [0.5, 0.6) is 11.5 Å². The second kappa shape index (κ2) is 14.4. The highest BCUT2D eigenvalue weighted by molar-refractivity contribution is 8.76. The molecule has 0 bridgehead atoms. The molecule has 0 fully saturated rings. The molecule has 8 nitrogen and oxygen atoms in total. The van der Waals surface area contributed by atoms with Crippen LogP contribution >= 0.6 is 21.6 Å². The van der Waals surface area contributed by atoms with Gasteiger partial charge < -0.3 is 20.1 Å². The van der Waals surface area contributed by atoms with E-state index in [9.17, 15) is 9.59 Å². The summed E-state index contributed by atoms with van der Waals surface area (Å²) in [5.41, 5.74) is 4.58. The van der Waals surface area contributed by atoms with Gasteiger partial charge in [0.1, 0.15) is 11.5 Å². The highest BCUT2D eigenvalue weighted by atomic mass is 33.1. The van der Waals surface area contributed by atoms with Crippen LogP contribution in [0.4, 0.5) is 0 Å². The fourth-order valence-electron chi connectivity index (χ4n) is 4.79. The number of para-hydroxylation sites is 2. The van der Waals surface area contributed by atoms with Gasteiger partial charge in [-0.2, -0.15) is 0 Å². The minimum atomic E-state index is -0.187. The number of benzene rings is 4. The lowest BCUT2D eigenvalue weighted by Gasteiger charge is -2.10. The molecule has 46 heavy (non-hydrogen) atoms. The Kier molecular flexibility index (Phi) is 9.66. The van der Waals surface area contributed by atoms with Crippen molar-refractivity contribution in [1.82, 2.24) is 20.6 Å². The SMILES string of the molecule is COc1ccc(CNC(=O)c2cnc3c(SSc4cccc5cc(C(=O)NCc6ccc(OC)cc6)cnc45)cccc3c2)cc1. The Morgan fingerprint density at radius 1 is 0.609 bits per heavy atom. The standard InChI is InChI=1S/C36H30N4O4S2/c1-43-29-13-9-23(10-14-29)19-39-35(41)27-17-25-5-3-7-31(33(25)37-21-27)45-46-32-8-4-6-26-18-28(22-38-34(26)32)36(42)40-20-24-11-15-30(44-2)16-12-24/h3-18,21-22H,19-20H2,1-2H3,(H,39,41)(H,40,42). The Bertz CT molecular complexity index is 1870. The number of fused-ring (bicyclic) bond motifs is 2. The number of carbonyl (C=O) groups is 2. The molecule has 2 aromatic heterocycles. The van der Waals surface area contributed by atoms with E-state index in [1.165, 1.54) is 0 Å². The van der Waals surface area contributed by atoms with Crippen molar-refractivity contribution >= 4 is 55.2 Å². The maximum absolute atomic E-state index is 12.9. The lowest BCUT2D eigenvalue weighted by atomic mass is 10.1. The maximum atomic E-state index is 12.9. The van der Waals surface area contributed by atoms with Gasteiger partial charge in [-0.25, -0.2) is 0 Å². The summed E-state index contributed by atoms with van der Waals surface area (Å²) < 4.78 is 10.4. The van der Waals surface area contributed by atoms with Crippen molar-refractivity contribution in [3.8, 4) is 11.5 Å². The molecule has 2 N–H and O–H groups in total. The van der Waals surface area contributed by atoms with Crippen LogP contribution in [0.3, 0.4) is 0 Å². The van der Waals surface area contributed by atoms with E-state index in [4.69, 9.17) is 9.47 Å². The van der Waals surface area contributed by atoms with Crippen molar-refractivity contribution in [2.75, 3.05) is 14.2 Å². The van der Waals surface area contributed by atoms with E-state index in [0.717, 1.165) is 54.2 Å². The summed E-state index contributed by atoms with van der Waals surface area (Å²) in [4.78, 5) is 37.0. The smallest absolute Gasteiger partial charge is 0.253 e. The van der Waals surface area contributed by atoms with Crippen molar-refractivity contribution < 1.29 is 19.1 Å². The number of nitrogens with one attached hydrogen (secondary N) is 2. The van der Waals surface area contributed by atoms with E-state index in [1.54, 1.807) is 48.2 Å². The number of amides is 2. The van der Waals surface area contributed by atoms with Crippen molar-refractivity contribution in [1.29, 1.82) is 0 Å². The number of hydrogen-bond acceptors (Lipinski definition) is 8. The molecule has 10 heteroatoms. The first kappa shape index (κ1) is 30.9. The third-order valence-electron chi connectivity index (χ3n) is 7.32. The summed E-state index contributed by atoms with van der Waals surface area (Å²) >= 11 is 0. The average Bonchev–Trinajstić information content (AvgIpc) is 3.11. The molecule has 0 spiro atoms. The van der Waals surface area contributed by atoms with Crippen LogP contribution in [0.1, 0.15) is 31.8 Å². The largest absolute Gasteiger partial charge is 0.497 e. The lowest BCUT2D eigenvalue weighted by molar-refractivity contribution is 0.0942. The highest BCUT2D eigenvalue weighted by Crippen LogP contribution is 2.42. The van der Waals surface area contributed by atoms with Crippen molar-refractivity contribution in [2.45, 2.75) is 22.9 Å². The molecule has 0 aliphatic carbocycles. The number of hydrogen-bond donors (Lipinski definition) is 2. The van der Waals surface area contributed by atoms with E-state index in [2.05, 4.69) is 20.6 Å². The quantitative estimate of drug-likeness (QED) is 0.140. The summed E-state index contributed by atoms with van der Waals surface area (Å²) in [7, 11) is 6.40. The fraction of sp³-hybridized carbons (Fsp3) is 0.111. The summed E-state index contributed by atoms with van der Waals surface area (Å²) in [5.74, 6) is 1.17. The predicted molar refractivity (Wildman–Crippen MR) is 184 cm³/mol. The zero-order chi connectivity index (χ0) is 31.9. The number of pyridine rings is 2. The predicted octanol–water partition coefficient (Wildman–Crippen LogP) is 7.46. The maximum Gasteiger partial charge on any atom is 0.253 e. The van der Waals surface area contributed by atoms with E-state index >= 15 is 0 Å². The second-order valence-corrected chi connectivity index (χ2v) is 12.5. The average molecular weight is 647 g/mol. The molecule has 6 aromatic rings. The zero-order valence-corrected chi connectivity index (χ0v) is 26.8. The highest BCUT2D eigenvalue weighted by Gasteiger charge is 2.13. The number of aromatic nitrogens is 2. The number of methoxy groups -OCH3 is 2. The van der Waals surface area contributed by atoms with Gasteiger partial charge in [0.15, 0.2) is 0 Å². The van der Waals surface area contributed by atoms with Gasteiger partial charge in [0.2, 0.25) is 0 Å². The van der Waals surface area contributed by atoms with Gasteiger partial charge >= 0.3 is 0 Å². The monoisotopic (exact) mass is 646 g/mol.